The van der Waals surface area contributed by atoms with Crippen LogP contribution in [-0.2, 0) is 4.79 Å². The van der Waals surface area contributed by atoms with Crippen molar-refractivity contribution in [1.82, 2.24) is 5.43 Å². The molecule has 1 amide bonds. The predicted molar refractivity (Wildman–Crippen MR) is 80.4 cm³/mol. The Balaban J connectivity index is 1.96. The number of carbonyl (C=O) groups excluding carboxylic acids is 1. The van der Waals surface area contributed by atoms with Crippen molar-refractivity contribution >= 4 is 29.4 Å². The molecule has 1 fully saturated rings. The second-order valence-electron chi connectivity index (χ2n) is 5.04. The number of benzene rings is 1. The van der Waals surface area contributed by atoms with Gasteiger partial charge in [0.2, 0.25) is 5.91 Å². The summed E-state index contributed by atoms with van der Waals surface area (Å²) in [5.74, 6) is -0.0649. The van der Waals surface area contributed by atoms with Crippen molar-refractivity contribution < 1.29 is 9.72 Å². The minimum Gasteiger partial charge on any atom is -0.273 e. The highest BCUT2D eigenvalue weighted by Crippen LogP contribution is 2.25. The Kier molecular flexibility index (Phi) is 5.27. The summed E-state index contributed by atoms with van der Waals surface area (Å²) in [6.07, 6.45) is 6.50. The monoisotopic (exact) mass is 309 g/mol. The molecule has 1 aliphatic carbocycles. The van der Waals surface area contributed by atoms with Crippen molar-refractivity contribution in [1.29, 1.82) is 0 Å². The van der Waals surface area contributed by atoms with Crippen molar-refractivity contribution in [2.24, 2.45) is 11.0 Å². The molecule has 6 nitrogen and oxygen atoms in total. The fraction of sp³-hybridized carbons (Fsp3) is 0.429. The molecule has 21 heavy (non-hydrogen) atoms. The topological polar surface area (TPSA) is 84.6 Å². The molecule has 7 heteroatoms. The maximum atomic E-state index is 11.9. The number of rotatable bonds is 4. The van der Waals surface area contributed by atoms with Gasteiger partial charge in [-0.2, -0.15) is 5.10 Å². The van der Waals surface area contributed by atoms with Gasteiger partial charge in [-0.25, -0.2) is 5.43 Å². The van der Waals surface area contributed by atoms with Gasteiger partial charge in [0.05, 0.1) is 11.1 Å². The molecule has 1 aliphatic rings. The van der Waals surface area contributed by atoms with E-state index in [4.69, 9.17) is 11.6 Å². The molecule has 1 N–H and O–H groups in total. The highest BCUT2D eigenvalue weighted by atomic mass is 35.5. The average molecular weight is 310 g/mol. The Bertz CT molecular complexity index is 569. The molecule has 1 aromatic rings. The van der Waals surface area contributed by atoms with E-state index in [-0.39, 0.29) is 22.5 Å². The summed E-state index contributed by atoms with van der Waals surface area (Å²) in [4.78, 5) is 22.1. The molecule has 2 rings (SSSR count). The quantitative estimate of drug-likeness (QED) is 0.526. The summed E-state index contributed by atoms with van der Waals surface area (Å²) in [7, 11) is 0. The third-order valence-electron chi connectivity index (χ3n) is 3.53. The molecule has 0 aromatic heterocycles. The van der Waals surface area contributed by atoms with E-state index in [0.29, 0.717) is 5.56 Å². The lowest BCUT2D eigenvalue weighted by Gasteiger charge is -2.19. The van der Waals surface area contributed by atoms with E-state index in [9.17, 15) is 14.9 Å². The molecule has 1 aromatic carbocycles. The zero-order chi connectivity index (χ0) is 15.2. The number of carbonyl (C=O) groups is 1. The Morgan fingerprint density at radius 1 is 1.38 bits per heavy atom. The van der Waals surface area contributed by atoms with Crippen molar-refractivity contribution in [3.63, 3.8) is 0 Å². The smallest absolute Gasteiger partial charge is 0.273 e. The summed E-state index contributed by atoms with van der Waals surface area (Å²) >= 11 is 5.72. The molecule has 0 radical (unpaired) electrons. The molecule has 1 saturated carbocycles. The molecule has 0 saturated heterocycles. The lowest BCUT2D eigenvalue weighted by Crippen LogP contribution is -2.28. The van der Waals surface area contributed by atoms with E-state index in [1.807, 2.05) is 0 Å². The van der Waals surface area contributed by atoms with Gasteiger partial charge in [-0.15, -0.1) is 0 Å². The summed E-state index contributed by atoms with van der Waals surface area (Å²) in [5, 5.41) is 14.7. The number of nitrogens with one attached hydrogen (secondary N) is 1. The van der Waals surface area contributed by atoms with Gasteiger partial charge in [0.15, 0.2) is 0 Å². The second kappa shape index (κ2) is 7.17. The summed E-state index contributed by atoms with van der Waals surface area (Å²) in [5.41, 5.74) is 2.82. The van der Waals surface area contributed by atoms with Crippen molar-refractivity contribution in [3.8, 4) is 0 Å². The van der Waals surface area contributed by atoms with Gasteiger partial charge in [-0.1, -0.05) is 36.9 Å². The van der Waals surface area contributed by atoms with Gasteiger partial charge in [0.1, 0.15) is 5.02 Å². The van der Waals surface area contributed by atoms with E-state index in [2.05, 4.69) is 10.5 Å². The highest BCUT2D eigenvalue weighted by molar-refractivity contribution is 6.32. The number of nitro benzene ring substituents is 1. The van der Waals surface area contributed by atoms with Crippen LogP contribution < -0.4 is 5.43 Å². The zero-order valence-electron chi connectivity index (χ0n) is 11.4. The second-order valence-corrected chi connectivity index (χ2v) is 5.44. The van der Waals surface area contributed by atoms with Crippen LogP contribution in [0.1, 0.15) is 37.7 Å². The van der Waals surface area contributed by atoms with Crippen molar-refractivity contribution in [3.05, 3.63) is 38.9 Å². The maximum absolute atomic E-state index is 11.9. The number of hydrogen-bond acceptors (Lipinski definition) is 4. The highest BCUT2D eigenvalue weighted by Gasteiger charge is 2.20. The molecule has 0 aliphatic heterocycles. The van der Waals surface area contributed by atoms with E-state index < -0.39 is 4.92 Å². The van der Waals surface area contributed by atoms with Crippen LogP contribution >= 0.6 is 11.6 Å². The molecular formula is C14H16ClN3O3. The number of hydrogen-bond donors (Lipinski definition) is 1. The van der Waals surface area contributed by atoms with E-state index >= 15 is 0 Å². The lowest BCUT2D eigenvalue weighted by molar-refractivity contribution is -0.384. The fourth-order valence-electron chi connectivity index (χ4n) is 2.38. The van der Waals surface area contributed by atoms with Crippen LogP contribution in [0, 0.1) is 16.0 Å². The van der Waals surface area contributed by atoms with Gasteiger partial charge in [0.25, 0.3) is 5.69 Å². The minimum atomic E-state index is -0.555. The zero-order valence-corrected chi connectivity index (χ0v) is 12.2. The third kappa shape index (κ3) is 4.26. The van der Waals surface area contributed by atoms with Gasteiger partial charge in [-0.3, -0.25) is 14.9 Å². The van der Waals surface area contributed by atoms with Gasteiger partial charge >= 0.3 is 0 Å². The Hall–Kier alpha value is -1.95. The first-order chi connectivity index (χ1) is 10.1. The molecule has 112 valence electrons. The van der Waals surface area contributed by atoms with Crippen LogP contribution in [-0.4, -0.2) is 17.0 Å². The lowest BCUT2D eigenvalue weighted by atomic mass is 9.89. The fourth-order valence-corrected chi connectivity index (χ4v) is 2.56. The van der Waals surface area contributed by atoms with Crippen LogP contribution in [0.25, 0.3) is 0 Å². The summed E-state index contributed by atoms with van der Waals surface area (Å²) in [6.45, 7) is 0. The number of nitro groups is 1. The first kappa shape index (κ1) is 15.4. The van der Waals surface area contributed by atoms with Crippen LogP contribution in [0.3, 0.4) is 0 Å². The maximum Gasteiger partial charge on any atom is 0.288 e. The molecule has 0 spiro atoms. The molecular weight excluding hydrogens is 294 g/mol. The predicted octanol–water partition coefficient (Wildman–Crippen LogP) is 3.28. The van der Waals surface area contributed by atoms with E-state index in [0.717, 1.165) is 25.7 Å². The number of halogens is 1. The van der Waals surface area contributed by atoms with Crippen LogP contribution in [0.15, 0.2) is 23.3 Å². The van der Waals surface area contributed by atoms with Crippen LogP contribution in [0.5, 0.6) is 0 Å². The Morgan fingerprint density at radius 3 is 2.76 bits per heavy atom. The van der Waals surface area contributed by atoms with Crippen LogP contribution in [0.4, 0.5) is 5.69 Å². The van der Waals surface area contributed by atoms with E-state index in [1.54, 1.807) is 6.07 Å². The van der Waals surface area contributed by atoms with Crippen molar-refractivity contribution in [2.75, 3.05) is 0 Å². The third-order valence-corrected chi connectivity index (χ3v) is 3.85. The van der Waals surface area contributed by atoms with Crippen LogP contribution in [0.2, 0.25) is 5.02 Å². The number of hydrazone groups is 1. The van der Waals surface area contributed by atoms with Crippen molar-refractivity contribution in [2.45, 2.75) is 32.1 Å². The Morgan fingerprint density at radius 2 is 2.10 bits per heavy atom. The first-order valence-electron chi connectivity index (χ1n) is 6.85. The summed E-state index contributed by atoms with van der Waals surface area (Å²) in [6, 6.07) is 4.36. The Labute approximate surface area is 127 Å². The minimum absolute atomic E-state index is 0.0236. The van der Waals surface area contributed by atoms with E-state index in [1.165, 1.54) is 24.8 Å². The van der Waals surface area contributed by atoms with Gasteiger partial charge in [-0.05, 0) is 18.9 Å². The molecule has 0 heterocycles. The molecule has 0 bridgehead atoms. The van der Waals surface area contributed by atoms with Gasteiger partial charge < -0.3 is 0 Å². The number of amides is 1. The first-order valence-corrected chi connectivity index (χ1v) is 7.22. The molecule has 0 unspecified atom stereocenters. The van der Waals surface area contributed by atoms with Gasteiger partial charge in [0, 0.05) is 17.5 Å². The molecule has 0 atom stereocenters. The normalized spacial score (nSPS) is 16.0. The number of nitrogens with zero attached hydrogens (tertiary/aromatic N) is 2. The average Bonchev–Trinajstić information content (AvgIpc) is 2.49. The largest absolute Gasteiger partial charge is 0.288 e. The summed E-state index contributed by atoms with van der Waals surface area (Å²) < 4.78 is 0. The SMILES string of the molecule is O=C(N/N=C/c1ccc(Cl)c([N+](=O)[O-])c1)C1CCCCC1. The standard InChI is InChI=1S/C14H16ClN3O3/c15-12-7-6-10(8-13(12)18(20)21)9-16-17-14(19)11-4-2-1-3-5-11/h6-9,11H,1-5H2,(H,17,19)/b16-9+.